The molecule has 1 N–H and O–H groups in total. The number of rotatable bonds is 5. The van der Waals surface area contributed by atoms with Gasteiger partial charge in [-0.3, -0.25) is 9.59 Å². The van der Waals surface area contributed by atoms with E-state index in [1.54, 1.807) is 25.1 Å². The summed E-state index contributed by atoms with van der Waals surface area (Å²) in [6, 6.07) is 5.13. The van der Waals surface area contributed by atoms with E-state index < -0.39 is 23.8 Å². The van der Waals surface area contributed by atoms with Crippen LogP contribution in [0.5, 0.6) is 11.5 Å². The number of esters is 2. The predicted molar refractivity (Wildman–Crippen MR) is 114 cm³/mol. The smallest absolute Gasteiger partial charge is 0.336 e. The van der Waals surface area contributed by atoms with Gasteiger partial charge in [0, 0.05) is 30.7 Å². The van der Waals surface area contributed by atoms with Gasteiger partial charge in [-0.15, -0.1) is 0 Å². The van der Waals surface area contributed by atoms with Crippen molar-refractivity contribution in [3.05, 3.63) is 46.8 Å². The fourth-order valence-electron chi connectivity index (χ4n) is 4.43. The Morgan fingerprint density at radius 2 is 1.90 bits per heavy atom. The van der Waals surface area contributed by atoms with Crippen LogP contribution in [0.25, 0.3) is 0 Å². The summed E-state index contributed by atoms with van der Waals surface area (Å²) in [7, 11) is 1.33. The molecule has 7 nitrogen and oxygen atoms in total. The summed E-state index contributed by atoms with van der Waals surface area (Å²) in [5.74, 6) is -1.32. The highest BCUT2D eigenvalue weighted by atomic mass is 16.6. The maximum atomic E-state index is 13.3. The van der Waals surface area contributed by atoms with Gasteiger partial charge in [0.05, 0.1) is 25.2 Å². The molecule has 2 unspecified atom stereocenters. The lowest BCUT2D eigenvalue weighted by molar-refractivity contribution is -0.137. The zero-order valence-corrected chi connectivity index (χ0v) is 18.8. The normalized spacial score (nSPS) is 22.1. The number of carbonyl (C=O) groups excluding carboxylic acids is 3. The number of carbonyl (C=O) groups is 3. The van der Waals surface area contributed by atoms with Crippen molar-refractivity contribution >= 4 is 17.7 Å². The van der Waals surface area contributed by atoms with E-state index in [9.17, 15) is 14.4 Å². The van der Waals surface area contributed by atoms with E-state index >= 15 is 0 Å². The second kappa shape index (κ2) is 8.57. The van der Waals surface area contributed by atoms with Gasteiger partial charge in [-0.1, -0.05) is 26.0 Å². The molecule has 1 aromatic carbocycles. The maximum absolute atomic E-state index is 13.3. The number of hydrogen-bond donors (Lipinski definition) is 1. The lowest BCUT2D eigenvalue weighted by Gasteiger charge is -2.41. The summed E-state index contributed by atoms with van der Waals surface area (Å²) in [5.41, 5.74) is 2.27. The van der Waals surface area contributed by atoms with E-state index in [0.717, 1.165) is 5.70 Å². The van der Waals surface area contributed by atoms with Crippen LogP contribution in [0.15, 0.2) is 41.2 Å². The highest BCUT2D eigenvalue weighted by Crippen LogP contribution is 2.48. The second-order valence-corrected chi connectivity index (χ2v) is 8.57. The quantitative estimate of drug-likeness (QED) is 0.567. The lowest BCUT2D eigenvalue weighted by atomic mass is 9.66. The van der Waals surface area contributed by atoms with Crippen LogP contribution in [-0.2, 0) is 19.1 Å². The van der Waals surface area contributed by atoms with Crippen LogP contribution in [-0.4, -0.2) is 31.4 Å². The molecule has 1 aliphatic heterocycles. The Balaban J connectivity index is 2.20. The molecule has 0 spiro atoms. The van der Waals surface area contributed by atoms with Crippen molar-refractivity contribution in [2.75, 3.05) is 13.7 Å². The molecule has 0 fully saturated rings. The van der Waals surface area contributed by atoms with Crippen LogP contribution in [0.1, 0.15) is 52.5 Å². The third kappa shape index (κ3) is 4.50. The summed E-state index contributed by atoms with van der Waals surface area (Å²) in [6.07, 6.45) is 2.44. The van der Waals surface area contributed by atoms with E-state index in [4.69, 9.17) is 14.2 Å². The predicted octanol–water partition coefficient (Wildman–Crippen LogP) is 3.64. The van der Waals surface area contributed by atoms with Gasteiger partial charge in [-0.05, 0) is 37.0 Å². The molecule has 2 aliphatic rings. The number of ether oxygens (including phenoxy) is 3. The van der Waals surface area contributed by atoms with E-state index in [-0.39, 0.29) is 11.2 Å². The topological polar surface area (TPSA) is 90.9 Å². The Kier molecular flexibility index (Phi) is 6.25. The monoisotopic (exact) mass is 427 g/mol. The molecule has 0 radical (unpaired) electrons. The third-order valence-electron chi connectivity index (χ3n) is 5.52. The Hall–Kier alpha value is -3.09. The van der Waals surface area contributed by atoms with Crippen LogP contribution < -0.4 is 14.8 Å². The molecular weight excluding hydrogens is 398 g/mol. The zero-order valence-electron chi connectivity index (χ0n) is 18.8. The molecule has 1 aliphatic carbocycles. The number of fused-ring (bicyclic) bond motifs is 1. The Morgan fingerprint density at radius 1 is 1.19 bits per heavy atom. The van der Waals surface area contributed by atoms with E-state index in [0.29, 0.717) is 41.4 Å². The number of Topliss-reactive ketones (excluding diaryl/α,β-unsaturated/α-hetero) is 1. The summed E-state index contributed by atoms with van der Waals surface area (Å²) in [4.78, 5) is 37.5. The maximum Gasteiger partial charge on any atom is 0.336 e. The van der Waals surface area contributed by atoms with Gasteiger partial charge in [0.2, 0.25) is 0 Å². The average molecular weight is 427 g/mol. The zero-order chi connectivity index (χ0) is 22.9. The summed E-state index contributed by atoms with van der Waals surface area (Å²) in [6.45, 7) is 9.34. The van der Waals surface area contributed by atoms with Crippen LogP contribution in [0.4, 0.5) is 0 Å². The first-order chi connectivity index (χ1) is 14.6. The third-order valence-corrected chi connectivity index (χ3v) is 5.52. The first-order valence-electron chi connectivity index (χ1n) is 10.3. The Morgan fingerprint density at radius 3 is 2.52 bits per heavy atom. The molecule has 7 heteroatoms. The van der Waals surface area contributed by atoms with Crippen LogP contribution in [0, 0.1) is 11.3 Å². The van der Waals surface area contributed by atoms with Gasteiger partial charge in [-0.25, -0.2) is 4.79 Å². The molecule has 0 saturated heterocycles. The Bertz CT molecular complexity index is 988. The minimum atomic E-state index is -0.547. The van der Waals surface area contributed by atoms with Crippen LogP contribution in [0.2, 0.25) is 0 Å². The molecule has 2 atom stereocenters. The van der Waals surface area contributed by atoms with Gasteiger partial charge in [0.25, 0.3) is 0 Å². The molecule has 0 saturated carbocycles. The standard InChI is InChI=1S/C24H29NO6/c1-7-30-19-10-15(8-9-18(19)31-14(3)26)21-20(23(28)29-6)13(2)25-16-11-24(4,5)12-17(27)22(16)21/h8-11,21-22,25H,7,12H2,1-6H3. The molecule has 1 heterocycles. The number of benzene rings is 1. The number of methoxy groups -OCH3 is 1. The van der Waals surface area contributed by atoms with Gasteiger partial charge in [-0.2, -0.15) is 0 Å². The number of nitrogens with one attached hydrogen (secondary N) is 1. The first kappa shape index (κ1) is 22.6. The van der Waals surface area contributed by atoms with Crippen molar-refractivity contribution in [2.24, 2.45) is 11.3 Å². The van der Waals surface area contributed by atoms with Crippen molar-refractivity contribution in [3.63, 3.8) is 0 Å². The van der Waals surface area contributed by atoms with Gasteiger partial charge in [0.15, 0.2) is 11.5 Å². The van der Waals surface area contributed by atoms with Gasteiger partial charge in [0.1, 0.15) is 5.78 Å². The largest absolute Gasteiger partial charge is 0.490 e. The van der Waals surface area contributed by atoms with Crippen LogP contribution in [0.3, 0.4) is 0 Å². The summed E-state index contributed by atoms with van der Waals surface area (Å²) < 4.78 is 16.0. The highest BCUT2D eigenvalue weighted by Gasteiger charge is 2.46. The molecule has 1 aromatic rings. The summed E-state index contributed by atoms with van der Waals surface area (Å²) >= 11 is 0. The molecule has 31 heavy (non-hydrogen) atoms. The minimum absolute atomic E-state index is 0.0518. The van der Waals surface area contributed by atoms with Crippen molar-refractivity contribution in [1.82, 2.24) is 5.32 Å². The highest BCUT2D eigenvalue weighted by molar-refractivity contribution is 5.96. The Labute approximate surface area is 182 Å². The summed E-state index contributed by atoms with van der Waals surface area (Å²) in [5, 5.41) is 3.27. The molecule has 0 bridgehead atoms. The van der Waals surface area contributed by atoms with Crippen molar-refractivity contribution in [1.29, 1.82) is 0 Å². The molecule has 166 valence electrons. The fraction of sp³-hybridized carbons (Fsp3) is 0.458. The fourth-order valence-corrected chi connectivity index (χ4v) is 4.43. The van der Waals surface area contributed by atoms with Gasteiger partial charge < -0.3 is 19.5 Å². The average Bonchev–Trinajstić information content (AvgIpc) is 2.66. The molecule has 0 aromatic heterocycles. The van der Waals surface area contributed by atoms with Crippen molar-refractivity contribution in [2.45, 2.75) is 47.0 Å². The minimum Gasteiger partial charge on any atom is -0.490 e. The molecular formula is C24H29NO6. The number of allylic oxidation sites excluding steroid dienone is 3. The number of ketones is 1. The van der Waals surface area contributed by atoms with Gasteiger partial charge >= 0.3 is 11.9 Å². The molecule has 0 amide bonds. The first-order valence-corrected chi connectivity index (χ1v) is 10.3. The van der Waals surface area contributed by atoms with Crippen molar-refractivity contribution < 1.29 is 28.6 Å². The SMILES string of the molecule is CCOc1cc(C2C(C(=O)OC)=C(C)NC3=CC(C)(C)CC(=O)C32)ccc1OC(C)=O. The second-order valence-electron chi connectivity index (χ2n) is 8.57. The van der Waals surface area contributed by atoms with E-state index in [1.165, 1.54) is 14.0 Å². The van der Waals surface area contributed by atoms with Crippen LogP contribution >= 0.6 is 0 Å². The van der Waals surface area contributed by atoms with E-state index in [1.807, 2.05) is 20.8 Å². The lowest BCUT2D eigenvalue weighted by Crippen LogP contribution is -2.43. The molecule has 3 rings (SSSR count). The number of hydrogen-bond acceptors (Lipinski definition) is 7. The van der Waals surface area contributed by atoms with Crippen molar-refractivity contribution in [3.8, 4) is 11.5 Å². The van der Waals surface area contributed by atoms with E-state index in [2.05, 4.69) is 11.4 Å².